The van der Waals surface area contributed by atoms with E-state index in [1.807, 2.05) is 31.3 Å². The van der Waals surface area contributed by atoms with Gasteiger partial charge in [-0.25, -0.2) is 0 Å². The average molecular weight is 353 g/mol. The van der Waals surface area contributed by atoms with Gasteiger partial charge in [-0.05, 0) is 31.0 Å². The lowest BCUT2D eigenvalue weighted by Gasteiger charge is -2.31. The van der Waals surface area contributed by atoms with Crippen LogP contribution in [0.5, 0.6) is 0 Å². The molecule has 0 N–H and O–H groups in total. The van der Waals surface area contributed by atoms with Gasteiger partial charge in [0, 0.05) is 30.5 Å². The molecular formula is C16H21BrN2O2. The van der Waals surface area contributed by atoms with Gasteiger partial charge in [0.2, 0.25) is 5.91 Å². The van der Waals surface area contributed by atoms with Crippen molar-refractivity contribution in [1.82, 2.24) is 9.80 Å². The van der Waals surface area contributed by atoms with Gasteiger partial charge in [-0.15, -0.1) is 0 Å². The summed E-state index contributed by atoms with van der Waals surface area (Å²) in [5.41, 5.74) is 1.10. The molecule has 1 aliphatic heterocycles. The zero-order chi connectivity index (χ0) is 15.2. The molecule has 0 aliphatic carbocycles. The highest BCUT2D eigenvalue weighted by atomic mass is 79.9. The number of halogens is 1. The first kappa shape index (κ1) is 16.2. The molecule has 1 aromatic rings. The van der Waals surface area contributed by atoms with Crippen LogP contribution in [0.2, 0.25) is 0 Å². The first-order valence-corrected chi connectivity index (χ1v) is 8.04. The Kier molecular flexibility index (Phi) is 5.94. The summed E-state index contributed by atoms with van der Waals surface area (Å²) in [6.45, 7) is 2.59. The van der Waals surface area contributed by atoms with E-state index in [0.717, 1.165) is 35.7 Å². The SMILES string of the molecule is CN(Cc1ccccc1Br)C(=O)CN1CCCC(C=O)C1. The normalized spacial score (nSPS) is 19.2. The molecule has 21 heavy (non-hydrogen) atoms. The number of benzene rings is 1. The molecule has 0 aromatic heterocycles. The van der Waals surface area contributed by atoms with Gasteiger partial charge in [0.1, 0.15) is 6.29 Å². The van der Waals surface area contributed by atoms with Gasteiger partial charge in [0.15, 0.2) is 0 Å². The van der Waals surface area contributed by atoms with Crippen LogP contribution in [0, 0.1) is 5.92 Å². The largest absolute Gasteiger partial charge is 0.340 e. The van der Waals surface area contributed by atoms with Crippen LogP contribution in [0.3, 0.4) is 0 Å². The van der Waals surface area contributed by atoms with Crippen molar-refractivity contribution >= 4 is 28.1 Å². The van der Waals surface area contributed by atoms with Crippen LogP contribution in [-0.4, -0.2) is 48.7 Å². The molecule has 1 saturated heterocycles. The first-order chi connectivity index (χ1) is 10.1. The lowest BCUT2D eigenvalue weighted by atomic mass is 10.00. The van der Waals surface area contributed by atoms with Crippen molar-refractivity contribution in [2.75, 3.05) is 26.7 Å². The van der Waals surface area contributed by atoms with E-state index >= 15 is 0 Å². The van der Waals surface area contributed by atoms with Crippen LogP contribution in [0.4, 0.5) is 0 Å². The van der Waals surface area contributed by atoms with Gasteiger partial charge in [0.25, 0.3) is 0 Å². The van der Waals surface area contributed by atoms with Crippen molar-refractivity contribution in [3.63, 3.8) is 0 Å². The van der Waals surface area contributed by atoms with E-state index in [9.17, 15) is 9.59 Å². The molecule has 1 fully saturated rings. The predicted octanol–water partition coefficient (Wildman–Crippen LogP) is 2.32. The molecule has 1 aromatic carbocycles. The number of carbonyl (C=O) groups excluding carboxylic acids is 2. The molecule has 1 atom stereocenters. The van der Waals surface area contributed by atoms with Gasteiger partial charge >= 0.3 is 0 Å². The molecule has 114 valence electrons. The van der Waals surface area contributed by atoms with Crippen LogP contribution in [-0.2, 0) is 16.1 Å². The van der Waals surface area contributed by atoms with Gasteiger partial charge < -0.3 is 9.69 Å². The molecule has 1 heterocycles. The Morgan fingerprint density at radius 1 is 1.48 bits per heavy atom. The fourth-order valence-corrected chi connectivity index (χ4v) is 3.04. The third-order valence-corrected chi connectivity index (χ3v) is 4.66. The van der Waals surface area contributed by atoms with Crippen LogP contribution in [0.25, 0.3) is 0 Å². The monoisotopic (exact) mass is 352 g/mol. The maximum Gasteiger partial charge on any atom is 0.236 e. The third kappa shape index (κ3) is 4.64. The highest BCUT2D eigenvalue weighted by Crippen LogP contribution is 2.18. The van der Waals surface area contributed by atoms with Crippen molar-refractivity contribution in [2.45, 2.75) is 19.4 Å². The summed E-state index contributed by atoms with van der Waals surface area (Å²) in [6, 6.07) is 7.92. The number of hydrogen-bond acceptors (Lipinski definition) is 3. The second-order valence-corrected chi connectivity index (χ2v) is 6.47. The number of carbonyl (C=O) groups is 2. The van der Waals surface area contributed by atoms with E-state index in [1.165, 1.54) is 0 Å². The average Bonchev–Trinajstić information content (AvgIpc) is 2.49. The number of rotatable bonds is 5. The van der Waals surface area contributed by atoms with E-state index in [1.54, 1.807) is 4.90 Å². The van der Waals surface area contributed by atoms with E-state index < -0.39 is 0 Å². The lowest BCUT2D eigenvalue weighted by Crippen LogP contribution is -2.43. The summed E-state index contributed by atoms with van der Waals surface area (Å²) in [5.74, 6) is 0.178. The topological polar surface area (TPSA) is 40.6 Å². The number of likely N-dealkylation sites (tertiary alicyclic amines) is 1. The Morgan fingerprint density at radius 3 is 2.95 bits per heavy atom. The zero-order valence-electron chi connectivity index (χ0n) is 12.3. The molecule has 1 unspecified atom stereocenters. The van der Waals surface area contributed by atoms with Crippen molar-refractivity contribution in [1.29, 1.82) is 0 Å². The number of nitrogens with zero attached hydrogens (tertiary/aromatic N) is 2. The van der Waals surface area contributed by atoms with E-state index in [2.05, 4.69) is 20.8 Å². The Balaban J connectivity index is 1.88. The van der Waals surface area contributed by atoms with E-state index in [-0.39, 0.29) is 11.8 Å². The number of piperidine rings is 1. The third-order valence-electron chi connectivity index (χ3n) is 3.88. The summed E-state index contributed by atoms with van der Waals surface area (Å²) >= 11 is 3.50. The second kappa shape index (κ2) is 7.71. The first-order valence-electron chi connectivity index (χ1n) is 7.25. The molecule has 0 spiro atoms. The maximum atomic E-state index is 12.3. The van der Waals surface area contributed by atoms with Crippen LogP contribution < -0.4 is 0 Å². The summed E-state index contributed by atoms with van der Waals surface area (Å²) in [6.07, 6.45) is 2.95. The lowest BCUT2D eigenvalue weighted by molar-refractivity contribution is -0.132. The summed E-state index contributed by atoms with van der Waals surface area (Å²) < 4.78 is 1.02. The Morgan fingerprint density at radius 2 is 2.24 bits per heavy atom. The minimum atomic E-state index is 0.0834. The Bertz CT molecular complexity index is 507. The maximum absolute atomic E-state index is 12.3. The van der Waals surface area contributed by atoms with Crippen LogP contribution in [0.1, 0.15) is 18.4 Å². The van der Waals surface area contributed by atoms with Crippen molar-refractivity contribution in [3.8, 4) is 0 Å². The molecule has 5 heteroatoms. The molecule has 0 radical (unpaired) electrons. The van der Waals surface area contributed by atoms with Gasteiger partial charge in [-0.3, -0.25) is 9.69 Å². The highest BCUT2D eigenvalue weighted by Gasteiger charge is 2.22. The minimum absolute atomic E-state index is 0.0834. The number of amides is 1. The summed E-state index contributed by atoms with van der Waals surface area (Å²) in [7, 11) is 1.82. The summed E-state index contributed by atoms with van der Waals surface area (Å²) in [5, 5.41) is 0. The molecule has 0 saturated carbocycles. The second-order valence-electron chi connectivity index (χ2n) is 5.61. The number of hydrogen-bond donors (Lipinski definition) is 0. The van der Waals surface area contributed by atoms with Crippen LogP contribution >= 0.6 is 15.9 Å². The van der Waals surface area contributed by atoms with Crippen molar-refractivity contribution in [3.05, 3.63) is 34.3 Å². The zero-order valence-corrected chi connectivity index (χ0v) is 13.9. The Hall–Kier alpha value is -1.20. The van der Waals surface area contributed by atoms with Gasteiger partial charge in [0.05, 0.1) is 6.54 Å². The highest BCUT2D eigenvalue weighted by molar-refractivity contribution is 9.10. The molecular weight excluding hydrogens is 332 g/mol. The predicted molar refractivity (Wildman–Crippen MR) is 85.8 cm³/mol. The molecule has 2 rings (SSSR count). The quantitative estimate of drug-likeness (QED) is 0.763. The van der Waals surface area contributed by atoms with Gasteiger partial charge in [-0.1, -0.05) is 34.1 Å². The van der Waals surface area contributed by atoms with E-state index in [0.29, 0.717) is 19.6 Å². The Labute approximate surface area is 134 Å². The molecule has 0 bridgehead atoms. The van der Waals surface area contributed by atoms with Crippen molar-refractivity contribution in [2.24, 2.45) is 5.92 Å². The molecule has 4 nitrogen and oxygen atoms in total. The fourth-order valence-electron chi connectivity index (χ4n) is 2.63. The molecule has 1 amide bonds. The van der Waals surface area contributed by atoms with Gasteiger partial charge in [-0.2, -0.15) is 0 Å². The van der Waals surface area contributed by atoms with Crippen molar-refractivity contribution < 1.29 is 9.59 Å². The minimum Gasteiger partial charge on any atom is -0.340 e. The molecule has 1 aliphatic rings. The fraction of sp³-hybridized carbons (Fsp3) is 0.500. The number of likely N-dealkylation sites (N-methyl/N-ethyl adjacent to an activating group) is 1. The van der Waals surface area contributed by atoms with E-state index in [4.69, 9.17) is 0 Å². The smallest absolute Gasteiger partial charge is 0.236 e. The van der Waals surface area contributed by atoms with Crippen LogP contribution in [0.15, 0.2) is 28.7 Å². The standard InChI is InChI=1S/C16H21BrN2O2/c1-18(10-14-6-2-3-7-15(14)17)16(21)11-19-8-4-5-13(9-19)12-20/h2-3,6-7,12-13H,4-5,8-11H2,1H3. The number of aldehydes is 1. The summed E-state index contributed by atoms with van der Waals surface area (Å²) in [4.78, 5) is 27.0.